The summed E-state index contributed by atoms with van der Waals surface area (Å²) >= 11 is 1.60. The fourth-order valence-corrected chi connectivity index (χ4v) is 3.62. The number of para-hydroxylation sites is 2. The molecule has 0 saturated heterocycles. The van der Waals surface area contributed by atoms with Gasteiger partial charge in [0.1, 0.15) is 18.0 Å². The zero-order valence-corrected chi connectivity index (χ0v) is 18.5. The Hall–Kier alpha value is -3.78. The van der Waals surface area contributed by atoms with Crippen molar-refractivity contribution in [1.29, 1.82) is 0 Å². The number of hydrogen-bond acceptors (Lipinski definition) is 5. The number of nitrogens with zero attached hydrogens (tertiary/aromatic N) is 2. The number of nitrogens with one attached hydrogen (secondary N) is 2. The van der Waals surface area contributed by atoms with Gasteiger partial charge >= 0.3 is 6.03 Å². The summed E-state index contributed by atoms with van der Waals surface area (Å²) in [5, 5.41) is 5.63. The molecule has 0 fully saturated rings. The van der Waals surface area contributed by atoms with E-state index in [-0.39, 0.29) is 18.2 Å². The van der Waals surface area contributed by atoms with Crippen molar-refractivity contribution in [2.24, 2.45) is 0 Å². The van der Waals surface area contributed by atoms with Crippen molar-refractivity contribution in [2.75, 3.05) is 16.9 Å². The number of fused-ring (bicyclic) bond motifs is 1. The molecule has 0 aliphatic carbocycles. The number of rotatable bonds is 6. The van der Waals surface area contributed by atoms with Crippen LogP contribution >= 0.6 is 11.8 Å². The molecule has 4 rings (SSSR count). The van der Waals surface area contributed by atoms with Crippen molar-refractivity contribution < 1.29 is 9.53 Å². The molecule has 0 unspecified atom stereocenters. The smallest absolute Gasteiger partial charge is 0.323 e. The normalized spacial score (nSPS) is 10.7. The molecule has 7 nitrogen and oxygen atoms in total. The second kappa shape index (κ2) is 9.57. The van der Waals surface area contributed by atoms with Crippen LogP contribution in [-0.2, 0) is 6.61 Å². The molecule has 0 aliphatic heterocycles. The Morgan fingerprint density at radius 1 is 1.06 bits per heavy atom. The van der Waals surface area contributed by atoms with Gasteiger partial charge in [-0.25, -0.2) is 9.78 Å². The minimum atomic E-state index is -0.378. The van der Waals surface area contributed by atoms with E-state index in [4.69, 9.17) is 4.74 Å². The number of amides is 2. The van der Waals surface area contributed by atoms with E-state index in [1.165, 1.54) is 10.5 Å². The van der Waals surface area contributed by atoms with Gasteiger partial charge in [-0.1, -0.05) is 24.3 Å². The molecule has 4 aromatic rings. The number of carbonyl (C=O) groups is 1. The standard InChI is InChI=1S/C24H22N4O3S/c1-16-10-11-22-25-18(13-23(29)28(22)14-16)15-31-21-9-4-3-8-20(21)27-24(30)26-17-6-5-7-19(12-17)32-2/h3-14H,15H2,1-2H3,(H2,26,27,30). The molecule has 2 aromatic carbocycles. The zero-order chi connectivity index (χ0) is 22.5. The number of hydrogen-bond donors (Lipinski definition) is 2. The Morgan fingerprint density at radius 3 is 2.75 bits per heavy atom. The lowest BCUT2D eigenvalue weighted by atomic mass is 10.3. The lowest BCUT2D eigenvalue weighted by Crippen LogP contribution is -2.20. The second-order valence-electron chi connectivity index (χ2n) is 7.12. The van der Waals surface area contributed by atoms with Crippen LogP contribution in [-0.4, -0.2) is 21.7 Å². The fourth-order valence-electron chi connectivity index (χ4n) is 3.17. The third-order valence-corrected chi connectivity index (χ3v) is 5.42. The number of benzene rings is 2. The van der Waals surface area contributed by atoms with Crippen molar-refractivity contribution in [3.05, 3.63) is 94.5 Å². The molecule has 8 heteroatoms. The summed E-state index contributed by atoms with van der Waals surface area (Å²) in [6.45, 7) is 2.01. The maximum absolute atomic E-state index is 12.5. The SMILES string of the molecule is CSc1cccc(NC(=O)Nc2ccccc2OCc2cc(=O)n3cc(C)ccc3n2)c1. The number of ether oxygens (including phenoxy) is 1. The first-order valence-electron chi connectivity index (χ1n) is 9.95. The second-order valence-corrected chi connectivity index (χ2v) is 8.00. The largest absolute Gasteiger partial charge is 0.485 e. The van der Waals surface area contributed by atoms with Gasteiger partial charge in [0, 0.05) is 22.8 Å². The van der Waals surface area contributed by atoms with Gasteiger partial charge in [-0.3, -0.25) is 9.20 Å². The van der Waals surface area contributed by atoms with E-state index in [0.29, 0.717) is 28.5 Å². The van der Waals surface area contributed by atoms with Crippen molar-refractivity contribution in [2.45, 2.75) is 18.4 Å². The Bertz CT molecular complexity index is 1340. The maximum Gasteiger partial charge on any atom is 0.323 e. The predicted molar refractivity (Wildman–Crippen MR) is 128 cm³/mol. The van der Waals surface area contributed by atoms with E-state index in [1.54, 1.807) is 42.2 Å². The average molecular weight is 447 g/mol. The van der Waals surface area contributed by atoms with Crippen molar-refractivity contribution in [3.63, 3.8) is 0 Å². The summed E-state index contributed by atoms with van der Waals surface area (Å²) in [4.78, 5) is 30.4. The molecule has 2 N–H and O–H groups in total. The highest BCUT2D eigenvalue weighted by Gasteiger charge is 2.10. The van der Waals surface area contributed by atoms with E-state index < -0.39 is 0 Å². The van der Waals surface area contributed by atoms with Crippen LogP contribution in [0.4, 0.5) is 16.2 Å². The molecule has 2 amide bonds. The van der Waals surface area contributed by atoms with Gasteiger partial charge in [0.25, 0.3) is 5.56 Å². The molecule has 32 heavy (non-hydrogen) atoms. The van der Waals surface area contributed by atoms with Crippen LogP contribution in [0.3, 0.4) is 0 Å². The Morgan fingerprint density at radius 2 is 1.91 bits per heavy atom. The number of carbonyl (C=O) groups excluding carboxylic acids is 1. The highest BCUT2D eigenvalue weighted by atomic mass is 32.2. The summed E-state index contributed by atoms with van der Waals surface area (Å²) in [5.74, 6) is 0.478. The van der Waals surface area contributed by atoms with E-state index in [1.807, 2.05) is 49.6 Å². The average Bonchev–Trinajstić information content (AvgIpc) is 2.79. The van der Waals surface area contributed by atoms with Crippen LogP contribution in [0.1, 0.15) is 11.3 Å². The Labute approximate surface area is 189 Å². The maximum atomic E-state index is 12.5. The molecule has 0 radical (unpaired) electrons. The first kappa shape index (κ1) is 21.5. The number of aromatic nitrogens is 2. The van der Waals surface area contributed by atoms with Gasteiger partial charge in [0.2, 0.25) is 0 Å². The third-order valence-electron chi connectivity index (χ3n) is 4.70. The summed E-state index contributed by atoms with van der Waals surface area (Å²) in [6, 6.07) is 19.5. The van der Waals surface area contributed by atoms with Gasteiger partial charge in [-0.05, 0) is 55.1 Å². The number of pyridine rings is 1. The Kier molecular flexibility index (Phi) is 6.42. The van der Waals surface area contributed by atoms with E-state index in [2.05, 4.69) is 15.6 Å². The highest BCUT2D eigenvalue weighted by Crippen LogP contribution is 2.25. The van der Waals surface area contributed by atoms with Crippen LogP contribution in [0.15, 0.2) is 82.6 Å². The number of aryl methyl sites for hydroxylation is 1. The topological polar surface area (TPSA) is 84.7 Å². The lowest BCUT2D eigenvalue weighted by Gasteiger charge is -2.13. The van der Waals surface area contributed by atoms with Crippen molar-refractivity contribution in [3.8, 4) is 5.75 Å². The summed E-state index contributed by atoms with van der Waals surface area (Å²) < 4.78 is 7.39. The molecule has 2 aromatic heterocycles. The van der Waals surface area contributed by atoms with E-state index >= 15 is 0 Å². The van der Waals surface area contributed by atoms with Crippen molar-refractivity contribution in [1.82, 2.24) is 9.38 Å². The van der Waals surface area contributed by atoms with Gasteiger partial charge < -0.3 is 15.4 Å². The highest BCUT2D eigenvalue weighted by molar-refractivity contribution is 7.98. The molecule has 0 bridgehead atoms. The molecule has 162 valence electrons. The quantitative estimate of drug-likeness (QED) is 0.410. The number of anilines is 2. The van der Waals surface area contributed by atoms with E-state index in [9.17, 15) is 9.59 Å². The molecule has 2 heterocycles. The third kappa shape index (κ3) is 5.09. The molecule has 0 atom stereocenters. The minimum absolute atomic E-state index is 0.0930. The van der Waals surface area contributed by atoms with Crippen LogP contribution in [0.5, 0.6) is 5.75 Å². The monoisotopic (exact) mass is 446 g/mol. The van der Waals surface area contributed by atoms with Gasteiger partial charge in [0.05, 0.1) is 11.4 Å². The van der Waals surface area contributed by atoms with Crippen LogP contribution < -0.4 is 20.9 Å². The van der Waals surface area contributed by atoms with Gasteiger partial charge in [-0.2, -0.15) is 0 Å². The lowest BCUT2D eigenvalue weighted by molar-refractivity contribution is 0.261. The predicted octanol–water partition coefficient (Wildman–Crippen LogP) is 4.95. The number of urea groups is 1. The molecule has 0 saturated carbocycles. The fraction of sp³-hybridized carbons (Fsp3) is 0.125. The zero-order valence-electron chi connectivity index (χ0n) is 17.7. The van der Waals surface area contributed by atoms with Crippen molar-refractivity contribution >= 4 is 34.8 Å². The first-order valence-corrected chi connectivity index (χ1v) is 11.2. The van der Waals surface area contributed by atoms with Crippen LogP contribution in [0.2, 0.25) is 0 Å². The summed E-state index contributed by atoms with van der Waals surface area (Å²) in [6.07, 6.45) is 3.73. The summed E-state index contributed by atoms with van der Waals surface area (Å²) in [7, 11) is 0. The summed E-state index contributed by atoms with van der Waals surface area (Å²) in [5.41, 5.74) is 3.08. The molecular formula is C24H22N4O3S. The number of thioether (sulfide) groups is 1. The van der Waals surface area contributed by atoms with Gasteiger partial charge in [-0.15, -0.1) is 11.8 Å². The molecule has 0 aliphatic rings. The molecular weight excluding hydrogens is 424 g/mol. The Balaban J connectivity index is 1.46. The van der Waals surface area contributed by atoms with Gasteiger partial charge in [0.15, 0.2) is 0 Å². The van der Waals surface area contributed by atoms with E-state index in [0.717, 1.165) is 10.5 Å². The molecule has 0 spiro atoms. The van der Waals surface area contributed by atoms with Crippen LogP contribution in [0, 0.1) is 6.92 Å². The van der Waals surface area contributed by atoms with Crippen LogP contribution in [0.25, 0.3) is 5.65 Å². The minimum Gasteiger partial charge on any atom is -0.485 e. The first-order chi connectivity index (χ1) is 15.5.